The lowest BCUT2D eigenvalue weighted by atomic mass is 10.1. The second kappa shape index (κ2) is 7.32. The van der Waals surface area contributed by atoms with Crippen LogP contribution in [0.15, 0.2) is 61.1 Å². The Morgan fingerprint density at radius 3 is 2.62 bits per heavy atom. The molecule has 1 heterocycles. The fourth-order valence-electron chi connectivity index (χ4n) is 2.81. The molecule has 1 atom stereocenters. The van der Waals surface area contributed by atoms with E-state index >= 15 is 0 Å². The predicted octanol–water partition coefficient (Wildman–Crippen LogP) is 3.95. The average molecular weight is 321 g/mol. The molecule has 0 saturated carbocycles. The van der Waals surface area contributed by atoms with Crippen LogP contribution in [0.4, 0.5) is 0 Å². The summed E-state index contributed by atoms with van der Waals surface area (Å²) in [5.74, 6) is 0.860. The van der Waals surface area contributed by atoms with Crippen LogP contribution in [-0.2, 0) is 13.6 Å². The molecule has 2 aromatic carbocycles. The fourth-order valence-corrected chi connectivity index (χ4v) is 2.81. The zero-order valence-electron chi connectivity index (χ0n) is 14.4. The summed E-state index contributed by atoms with van der Waals surface area (Å²) in [6.45, 7) is 2.98. The minimum atomic E-state index is 0.299. The third-order valence-corrected chi connectivity index (χ3v) is 4.27. The highest BCUT2D eigenvalue weighted by Crippen LogP contribution is 2.30. The molecule has 0 bridgehead atoms. The van der Waals surface area contributed by atoms with Crippen molar-refractivity contribution < 1.29 is 4.74 Å². The molecule has 0 radical (unpaired) electrons. The predicted molar refractivity (Wildman–Crippen MR) is 96.9 cm³/mol. The molecule has 0 saturated heterocycles. The Morgan fingerprint density at radius 2 is 1.96 bits per heavy atom. The highest BCUT2D eigenvalue weighted by molar-refractivity contribution is 5.68. The highest BCUT2D eigenvalue weighted by atomic mass is 16.5. The van der Waals surface area contributed by atoms with Crippen LogP contribution in [0, 0.1) is 0 Å². The molecular weight excluding hydrogens is 298 g/mol. The van der Waals surface area contributed by atoms with E-state index in [1.54, 1.807) is 13.4 Å². The van der Waals surface area contributed by atoms with Crippen LogP contribution in [0.25, 0.3) is 11.3 Å². The van der Waals surface area contributed by atoms with Gasteiger partial charge in [-0.05, 0) is 30.2 Å². The summed E-state index contributed by atoms with van der Waals surface area (Å²) in [5.41, 5.74) is 4.61. The van der Waals surface area contributed by atoms with Gasteiger partial charge in [0, 0.05) is 25.2 Å². The maximum atomic E-state index is 5.51. The van der Waals surface area contributed by atoms with E-state index in [2.05, 4.69) is 53.6 Å². The van der Waals surface area contributed by atoms with Crippen LogP contribution < -0.4 is 10.1 Å². The van der Waals surface area contributed by atoms with Gasteiger partial charge in [-0.15, -0.1) is 0 Å². The van der Waals surface area contributed by atoms with E-state index in [0.29, 0.717) is 6.04 Å². The normalized spacial score (nSPS) is 12.1. The minimum Gasteiger partial charge on any atom is -0.496 e. The lowest BCUT2D eigenvalue weighted by Gasteiger charge is -2.16. The van der Waals surface area contributed by atoms with Crippen LogP contribution >= 0.6 is 0 Å². The number of ether oxygens (including phenoxy) is 1. The Balaban J connectivity index is 1.79. The molecule has 1 unspecified atom stereocenters. The van der Waals surface area contributed by atoms with Crippen LogP contribution in [0.3, 0.4) is 0 Å². The van der Waals surface area contributed by atoms with Crippen molar-refractivity contribution in [1.29, 1.82) is 0 Å². The molecule has 24 heavy (non-hydrogen) atoms. The van der Waals surface area contributed by atoms with Crippen LogP contribution in [0.5, 0.6) is 5.75 Å². The van der Waals surface area contributed by atoms with E-state index < -0.39 is 0 Å². The molecule has 0 fully saturated rings. The van der Waals surface area contributed by atoms with E-state index in [0.717, 1.165) is 23.6 Å². The number of imidazole rings is 1. The van der Waals surface area contributed by atoms with Crippen molar-refractivity contribution in [1.82, 2.24) is 14.9 Å². The van der Waals surface area contributed by atoms with Crippen LogP contribution in [-0.4, -0.2) is 16.7 Å². The Kier molecular flexibility index (Phi) is 4.96. The van der Waals surface area contributed by atoms with Gasteiger partial charge in [0.05, 0.1) is 25.3 Å². The summed E-state index contributed by atoms with van der Waals surface area (Å²) in [5, 5.41) is 3.58. The van der Waals surface area contributed by atoms with E-state index in [-0.39, 0.29) is 0 Å². The topological polar surface area (TPSA) is 39.1 Å². The number of nitrogens with one attached hydrogen (secondary N) is 1. The summed E-state index contributed by atoms with van der Waals surface area (Å²) in [6, 6.07) is 17.1. The number of methoxy groups -OCH3 is 1. The van der Waals surface area contributed by atoms with Crippen LogP contribution in [0.1, 0.15) is 24.1 Å². The van der Waals surface area contributed by atoms with Crippen molar-refractivity contribution >= 4 is 0 Å². The summed E-state index contributed by atoms with van der Waals surface area (Å²) in [6.07, 6.45) is 3.67. The molecule has 1 aromatic heterocycles. The van der Waals surface area contributed by atoms with Gasteiger partial charge < -0.3 is 14.6 Å². The van der Waals surface area contributed by atoms with Gasteiger partial charge >= 0.3 is 0 Å². The number of nitrogens with zero attached hydrogens (tertiary/aromatic N) is 2. The molecule has 124 valence electrons. The minimum absolute atomic E-state index is 0.299. The maximum Gasteiger partial charge on any atom is 0.128 e. The van der Waals surface area contributed by atoms with Gasteiger partial charge in [-0.25, -0.2) is 4.98 Å². The van der Waals surface area contributed by atoms with E-state index in [1.807, 2.05) is 29.9 Å². The van der Waals surface area contributed by atoms with Crippen molar-refractivity contribution in [3.05, 3.63) is 72.2 Å². The number of rotatable bonds is 6. The second-order valence-electron chi connectivity index (χ2n) is 5.94. The second-order valence-corrected chi connectivity index (χ2v) is 5.94. The standard InChI is InChI=1S/C20H23N3O/c1-15(17-7-5-4-6-8-17)22-12-16-9-10-20(24-3)18(11-16)19-13-21-14-23(19)2/h4-11,13-15,22H,12H2,1-3H3. The van der Waals surface area contributed by atoms with Crippen molar-refractivity contribution in [2.24, 2.45) is 7.05 Å². The van der Waals surface area contributed by atoms with Crippen molar-refractivity contribution in [2.75, 3.05) is 7.11 Å². The Hall–Kier alpha value is -2.59. The molecule has 3 rings (SSSR count). The molecule has 4 heteroatoms. The first-order valence-corrected chi connectivity index (χ1v) is 8.11. The summed E-state index contributed by atoms with van der Waals surface area (Å²) < 4.78 is 7.51. The zero-order valence-corrected chi connectivity index (χ0v) is 14.4. The fraction of sp³-hybridized carbons (Fsp3) is 0.250. The number of aromatic nitrogens is 2. The van der Waals surface area contributed by atoms with Crippen molar-refractivity contribution in [3.8, 4) is 17.0 Å². The molecule has 0 amide bonds. The first-order chi connectivity index (χ1) is 11.7. The quantitative estimate of drug-likeness (QED) is 0.747. The largest absolute Gasteiger partial charge is 0.496 e. The lowest BCUT2D eigenvalue weighted by molar-refractivity contribution is 0.416. The Labute approximate surface area is 143 Å². The van der Waals surface area contributed by atoms with E-state index in [1.165, 1.54) is 11.1 Å². The average Bonchev–Trinajstić information content (AvgIpc) is 3.06. The molecule has 0 aliphatic heterocycles. The molecule has 1 N–H and O–H groups in total. The molecule has 3 aromatic rings. The van der Waals surface area contributed by atoms with E-state index in [9.17, 15) is 0 Å². The summed E-state index contributed by atoms with van der Waals surface area (Å²) in [7, 11) is 3.69. The van der Waals surface area contributed by atoms with Gasteiger partial charge in [0.15, 0.2) is 0 Å². The first kappa shape index (κ1) is 16.3. The number of benzene rings is 2. The summed E-state index contributed by atoms with van der Waals surface area (Å²) >= 11 is 0. The van der Waals surface area contributed by atoms with Gasteiger partial charge in [-0.1, -0.05) is 36.4 Å². The lowest BCUT2D eigenvalue weighted by Crippen LogP contribution is -2.18. The van der Waals surface area contributed by atoms with Gasteiger partial charge in [-0.2, -0.15) is 0 Å². The highest BCUT2D eigenvalue weighted by Gasteiger charge is 2.11. The van der Waals surface area contributed by atoms with Crippen molar-refractivity contribution in [2.45, 2.75) is 19.5 Å². The smallest absolute Gasteiger partial charge is 0.128 e. The Morgan fingerprint density at radius 1 is 1.17 bits per heavy atom. The van der Waals surface area contributed by atoms with Crippen LogP contribution in [0.2, 0.25) is 0 Å². The third-order valence-electron chi connectivity index (χ3n) is 4.27. The monoisotopic (exact) mass is 321 g/mol. The molecule has 0 aliphatic rings. The number of hydrogen-bond acceptors (Lipinski definition) is 3. The maximum absolute atomic E-state index is 5.51. The van der Waals surface area contributed by atoms with Gasteiger partial charge in [0.2, 0.25) is 0 Å². The Bertz CT molecular complexity index is 796. The van der Waals surface area contributed by atoms with Gasteiger partial charge in [0.25, 0.3) is 0 Å². The number of aryl methyl sites for hydroxylation is 1. The third kappa shape index (κ3) is 3.49. The molecule has 4 nitrogen and oxygen atoms in total. The SMILES string of the molecule is COc1ccc(CNC(C)c2ccccc2)cc1-c1cncn1C. The van der Waals surface area contributed by atoms with E-state index in [4.69, 9.17) is 4.74 Å². The summed E-state index contributed by atoms with van der Waals surface area (Å²) in [4.78, 5) is 4.21. The van der Waals surface area contributed by atoms with Crippen molar-refractivity contribution in [3.63, 3.8) is 0 Å². The first-order valence-electron chi connectivity index (χ1n) is 8.11. The van der Waals surface area contributed by atoms with Gasteiger partial charge in [-0.3, -0.25) is 0 Å². The van der Waals surface area contributed by atoms with Gasteiger partial charge in [0.1, 0.15) is 5.75 Å². The number of hydrogen-bond donors (Lipinski definition) is 1. The zero-order chi connectivity index (χ0) is 16.9. The molecule has 0 spiro atoms. The molecule has 0 aliphatic carbocycles. The molecular formula is C20H23N3O.